The summed E-state index contributed by atoms with van der Waals surface area (Å²) in [6.45, 7) is 0.392. The van der Waals surface area contributed by atoms with Crippen LogP contribution in [0.3, 0.4) is 0 Å². The minimum absolute atomic E-state index is 0.391. The SMILES string of the molecule is N#Cc1ccc(NCc2nnc(-c3ccccc3Cl)o2)cc1. The van der Waals surface area contributed by atoms with Crippen LogP contribution in [0.25, 0.3) is 11.5 Å². The highest BCUT2D eigenvalue weighted by Gasteiger charge is 2.11. The van der Waals surface area contributed by atoms with Gasteiger partial charge in [-0.3, -0.25) is 0 Å². The molecule has 3 rings (SSSR count). The first-order valence-corrected chi connectivity index (χ1v) is 6.95. The molecule has 6 heteroatoms. The van der Waals surface area contributed by atoms with Gasteiger partial charge < -0.3 is 9.73 Å². The van der Waals surface area contributed by atoms with Crippen molar-refractivity contribution in [3.63, 3.8) is 0 Å². The lowest BCUT2D eigenvalue weighted by atomic mass is 10.2. The third-order valence-corrected chi connectivity index (χ3v) is 3.36. The maximum absolute atomic E-state index is 8.76. The Morgan fingerprint density at radius 3 is 2.59 bits per heavy atom. The Kier molecular flexibility index (Phi) is 4.03. The lowest BCUT2D eigenvalue weighted by molar-refractivity contribution is 0.515. The van der Waals surface area contributed by atoms with E-state index in [1.807, 2.05) is 30.3 Å². The predicted molar refractivity (Wildman–Crippen MR) is 83.2 cm³/mol. The average Bonchev–Trinajstić information content (AvgIpc) is 3.02. The molecule has 0 radical (unpaired) electrons. The van der Waals surface area contributed by atoms with Crippen molar-refractivity contribution in [1.29, 1.82) is 5.26 Å². The highest BCUT2D eigenvalue weighted by molar-refractivity contribution is 6.33. The van der Waals surface area contributed by atoms with Gasteiger partial charge in [-0.15, -0.1) is 10.2 Å². The summed E-state index contributed by atoms with van der Waals surface area (Å²) in [5.74, 6) is 0.849. The third kappa shape index (κ3) is 3.08. The van der Waals surface area contributed by atoms with Crippen molar-refractivity contribution in [3.05, 3.63) is 65.0 Å². The molecule has 0 amide bonds. The minimum atomic E-state index is 0.391. The summed E-state index contributed by atoms with van der Waals surface area (Å²) in [6.07, 6.45) is 0. The van der Waals surface area contributed by atoms with Gasteiger partial charge >= 0.3 is 0 Å². The number of aromatic nitrogens is 2. The second-order valence-electron chi connectivity index (χ2n) is 4.52. The van der Waals surface area contributed by atoms with Gasteiger partial charge in [0.2, 0.25) is 11.8 Å². The minimum Gasteiger partial charge on any atom is -0.419 e. The van der Waals surface area contributed by atoms with E-state index < -0.39 is 0 Å². The van der Waals surface area contributed by atoms with Crippen molar-refractivity contribution >= 4 is 17.3 Å². The molecule has 0 atom stereocenters. The van der Waals surface area contributed by atoms with E-state index in [4.69, 9.17) is 21.3 Å². The van der Waals surface area contributed by atoms with Crippen LogP contribution in [0.2, 0.25) is 5.02 Å². The standard InChI is InChI=1S/C16H11ClN4O/c17-14-4-2-1-3-13(14)16-21-20-15(22-16)10-19-12-7-5-11(9-18)6-8-12/h1-8,19H,10H2. The van der Waals surface area contributed by atoms with Crippen molar-refractivity contribution in [2.75, 3.05) is 5.32 Å². The number of benzene rings is 2. The molecule has 0 fully saturated rings. The first kappa shape index (κ1) is 14.1. The number of nitrogens with one attached hydrogen (secondary N) is 1. The van der Waals surface area contributed by atoms with Crippen LogP contribution in [0.15, 0.2) is 52.9 Å². The molecule has 0 aliphatic rings. The fourth-order valence-electron chi connectivity index (χ4n) is 1.91. The van der Waals surface area contributed by atoms with Crippen LogP contribution in [0, 0.1) is 11.3 Å². The number of nitrogens with zero attached hydrogens (tertiary/aromatic N) is 3. The molecule has 1 aromatic heterocycles. The van der Waals surface area contributed by atoms with Crippen LogP contribution in [-0.2, 0) is 6.54 Å². The number of hydrogen-bond acceptors (Lipinski definition) is 5. The molecule has 0 bridgehead atoms. The van der Waals surface area contributed by atoms with E-state index in [2.05, 4.69) is 21.6 Å². The van der Waals surface area contributed by atoms with E-state index in [0.29, 0.717) is 34.5 Å². The predicted octanol–water partition coefficient (Wildman–Crippen LogP) is 3.87. The first-order chi connectivity index (χ1) is 10.8. The molecule has 1 N–H and O–H groups in total. The van der Waals surface area contributed by atoms with Gasteiger partial charge in [-0.1, -0.05) is 23.7 Å². The van der Waals surface area contributed by atoms with Gasteiger partial charge in [0.15, 0.2) is 0 Å². The van der Waals surface area contributed by atoms with E-state index >= 15 is 0 Å². The normalized spacial score (nSPS) is 10.2. The molecule has 108 valence electrons. The topological polar surface area (TPSA) is 74.7 Å². The summed E-state index contributed by atoms with van der Waals surface area (Å²) >= 11 is 6.10. The van der Waals surface area contributed by atoms with E-state index in [0.717, 1.165) is 5.69 Å². The van der Waals surface area contributed by atoms with Crippen LogP contribution in [0.5, 0.6) is 0 Å². The highest BCUT2D eigenvalue weighted by atomic mass is 35.5. The first-order valence-electron chi connectivity index (χ1n) is 6.57. The largest absolute Gasteiger partial charge is 0.419 e. The molecule has 1 heterocycles. The molecular weight excluding hydrogens is 300 g/mol. The molecule has 3 aromatic rings. The zero-order chi connectivity index (χ0) is 15.4. The van der Waals surface area contributed by atoms with Gasteiger partial charge in [-0.25, -0.2) is 0 Å². The summed E-state index contributed by atoms with van der Waals surface area (Å²) in [5, 5.41) is 20.5. The zero-order valence-electron chi connectivity index (χ0n) is 11.5. The summed E-state index contributed by atoms with van der Waals surface area (Å²) in [5.41, 5.74) is 2.20. The van der Waals surface area contributed by atoms with Crippen molar-refractivity contribution in [3.8, 4) is 17.5 Å². The summed E-state index contributed by atoms with van der Waals surface area (Å²) in [4.78, 5) is 0. The number of rotatable bonds is 4. The van der Waals surface area contributed by atoms with Crippen molar-refractivity contribution in [1.82, 2.24) is 10.2 Å². The summed E-state index contributed by atoms with van der Waals surface area (Å²) in [7, 11) is 0. The van der Waals surface area contributed by atoms with E-state index in [1.165, 1.54) is 0 Å². The quantitative estimate of drug-likeness (QED) is 0.791. The van der Waals surface area contributed by atoms with Gasteiger partial charge in [0.1, 0.15) is 0 Å². The Balaban J connectivity index is 1.69. The molecule has 22 heavy (non-hydrogen) atoms. The molecule has 0 aliphatic carbocycles. The van der Waals surface area contributed by atoms with E-state index in [9.17, 15) is 0 Å². The molecule has 0 unspecified atom stereocenters. The number of anilines is 1. The molecule has 0 saturated carbocycles. The van der Waals surface area contributed by atoms with Crippen molar-refractivity contribution < 1.29 is 4.42 Å². The van der Waals surface area contributed by atoms with Gasteiger partial charge in [-0.05, 0) is 36.4 Å². The van der Waals surface area contributed by atoms with Crippen molar-refractivity contribution in [2.24, 2.45) is 0 Å². The van der Waals surface area contributed by atoms with Crippen LogP contribution < -0.4 is 5.32 Å². The lowest BCUT2D eigenvalue weighted by Crippen LogP contribution is -1.99. The summed E-state index contributed by atoms with van der Waals surface area (Å²) in [6, 6.07) is 16.5. The Morgan fingerprint density at radius 2 is 1.86 bits per heavy atom. The fourth-order valence-corrected chi connectivity index (χ4v) is 2.13. The number of hydrogen-bond donors (Lipinski definition) is 1. The number of halogens is 1. The molecule has 0 saturated heterocycles. The monoisotopic (exact) mass is 310 g/mol. The van der Waals surface area contributed by atoms with E-state index in [-0.39, 0.29) is 0 Å². The van der Waals surface area contributed by atoms with E-state index in [1.54, 1.807) is 18.2 Å². The second kappa shape index (κ2) is 6.29. The fraction of sp³-hybridized carbons (Fsp3) is 0.0625. The Bertz CT molecular complexity index is 821. The second-order valence-corrected chi connectivity index (χ2v) is 4.93. The van der Waals surface area contributed by atoms with Gasteiger partial charge in [0.05, 0.1) is 28.8 Å². The van der Waals surface area contributed by atoms with Crippen LogP contribution in [0.1, 0.15) is 11.5 Å². The molecule has 0 spiro atoms. The van der Waals surface area contributed by atoms with Crippen LogP contribution in [0.4, 0.5) is 5.69 Å². The molecular formula is C16H11ClN4O. The lowest BCUT2D eigenvalue weighted by Gasteiger charge is -2.02. The Morgan fingerprint density at radius 1 is 1.09 bits per heavy atom. The van der Waals surface area contributed by atoms with Gasteiger partial charge in [-0.2, -0.15) is 5.26 Å². The van der Waals surface area contributed by atoms with Crippen molar-refractivity contribution in [2.45, 2.75) is 6.54 Å². The number of nitriles is 1. The summed E-state index contributed by atoms with van der Waals surface area (Å²) < 4.78 is 5.60. The van der Waals surface area contributed by atoms with Crippen LogP contribution >= 0.6 is 11.6 Å². The third-order valence-electron chi connectivity index (χ3n) is 3.03. The maximum Gasteiger partial charge on any atom is 0.249 e. The Hall–Kier alpha value is -2.84. The maximum atomic E-state index is 8.76. The van der Waals surface area contributed by atoms with Crippen LogP contribution in [-0.4, -0.2) is 10.2 Å². The molecule has 5 nitrogen and oxygen atoms in total. The molecule has 2 aromatic carbocycles. The molecule has 0 aliphatic heterocycles. The Labute approximate surface area is 132 Å². The van der Waals surface area contributed by atoms with Gasteiger partial charge in [0.25, 0.3) is 0 Å². The van der Waals surface area contributed by atoms with Gasteiger partial charge in [0, 0.05) is 5.69 Å². The average molecular weight is 311 g/mol. The zero-order valence-corrected chi connectivity index (χ0v) is 12.2. The highest BCUT2D eigenvalue weighted by Crippen LogP contribution is 2.26. The smallest absolute Gasteiger partial charge is 0.249 e.